The largest absolute Gasteiger partial charge is 0.455 e. The number of rotatable bonds is 8. The van der Waals surface area contributed by atoms with Gasteiger partial charge in [-0.2, -0.15) is 0 Å². The van der Waals surface area contributed by atoms with Crippen LogP contribution in [0.25, 0.3) is 11.1 Å². The number of primary sulfonamides is 1. The number of nitro groups is 1. The third-order valence-corrected chi connectivity index (χ3v) is 6.42. The Labute approximate surface area is 217 Å². The molecule has 0 aliphatic heterocycles. The summed E-state index contributed by atoms with van der Waals surface area (Å²) >= 11 is 0. The number of sulfonamides is 1. The number of carbonyl (C=O) groups excluding carboxylic acids is 1. The van der Waals surface area contributed by atoms with Crippen LogP contribution in [0.3, 0.4) is 0 Å². The molecule has 0 heterocycles. The number of hydrogen-bond acceptors (Lipinski definition) is 7. The van der Waals surface area contributed by atoms with Crippen LogP contribution in [0.1, 0.15) is 15.9 Å². The summed E-state index contributed by atoms with van der Waals surface area (Å²) in [4.78, 5) is 23.7. The first kappa shape index (κ1) is 26.0. The fourth-order valence-electron chi connectivity index (χ4n) is 3.62. The summed E-state index contributed by atoms with van der Waals surface area (Å²) in [5, 5.41) is 26.9. The van der Waals surface area contributed by atoms with E-state index in [9.17, 15) is 23.3 Å². The maximum atomic E-state index is 13.0. The van der Waals surface area contributed by atoms with Crippen molar-refractivity contribution >= 4 is 33.1 Å². The highest BCUT2D eigenvalue weighted by atomic mass is 32.2. The van der Waals surface area contributed by atoms with Gasteiger partial charge in [-0.3, -0.25) is 20.3 Å². The molecule has 0 bridgehead atoms. The van der Waals surface area contributed by atoms with E-state index in [-0.39, 0.29) is 33.4 Å². The van der Waals surface area contributed by atoms with E-state index in [2.05, 4.69) is 5.32 Å². The fraction of sp³-hybridized carbons (Fsp3) is 0. The van der Waals surface area contributed by atoms with Gasteiger partial charge >= 0.3 is 0 Å². The van der Waals surface area contributed by atoms with E-state index in [1.807, 2.05) is 0 Å². The van der Waals surface area contributed by atoms with Gasteiger partial charge in [-0.25, -0.2) is 13.6 Å². The minimum absolute atomic E-state index is 0.0427. The molecule has 0 unspecified atom stereocenters. The van der Waals surface area contributed by atoms with Gasteiger partial charge in [0.15, 0.2) is 5.75 Å². The smallest absolute Gasteiger partial charge is 0.271 e. The molecule has 38 heavy (non-hydrogen) atoms. The second-order valence-electron chi connectivity index (χ2n) is 8.05. The molecule has 0 aromatic heterocycles. The minimum Gasteiger partial charge on any atom is -0.455 e. The number of hydrogen-bond donors (Lipinski definition) is 4. The Bertz CT molecular complexity index is 1670. The van der Waals surface area contributed by atoms with Crippen molar-refractivity contribution in [2.45, 2.75) is 4.90 Å². The van der Waals surface area contributed by atoms with Gasteiger partial charge in [0.25, 0.3) is 11.6 Å². The van der Waals surface area contributed by atoms with Crippen LogP contribution in [0.5, 0.6) is 11.5 Å². The number of benzene rings is 4. The van der Waals surface area contributed by atoms with Crippen molar-refractivity contribution in [1.82, 2.24) is 0 Å². The van der Waals surface area contributed by atoms with E-state index >= 15 is 0 Å². The predicted molar refractivity (Wildman–Crippen MR) is 142 cm³/mol. The number of ether oxygens (including phenoxy) is 1. The van der Waals surface area contributed by atoms with Crippen molar-refractivity contribution in [3.8, 4) is 22.6 Å². The number of nitro benzene ring substituents is 1. The van der Waals surface area contributed by atoms with E-state index in [0.717, 1.165) is 0 Å². The van der Waals surface area contributed by atoms with E-state index in [1.54, 1.807) is 48.5 Å². The number of nitrogen functional groups attached to an aromatic ring is 1. The Morgan fingerprint density at radius 2 is 1.63 bits per heavy atom. The van der Waals surface area contributed by atoms with Crippen LogP contribution in [0, 0.1) is 15.5 Å². The molecular weight excluding hydrogens is 510 g/mol. The van der Waals surface area contributed by atoms with Gasteiger partial charge in [0, 0.05) is 28.8 Å². The molecule has 6 N–H and O–H groups in total. The van der Waals surface area contributed by atoms with Crippen molar-refractivity contribution in [3.63, 3.8) is 0 Å². The maximum Gasteiger partial charge on any atom is 0.271 e. The van der Waals surface area contributed by atoms with Crippen LogP contribution < -0.4 is 20.9 Å². The average Bonchev–Trinajstić information content (AvgIpc) is 2.89. The highest BCUT2D eigenvalue weighted by Crippen LogP contribution is 2.34. The van der Waals surface area contributed by atoms with E-state index in [1.165, 1.54) is 42.5 Å². The molecule has 4 rings (SSSR count). The first-order valence-corrected chi connectivity index (χ1v) is 12.5. The second kappa shape index (κ2) is 10.5. The normalized spacial score (nSPS) is 11.0. The Morgan fingerprint density at radius 1 is 0.921 bits per heavy atom. The topological polar surface area (TPSA) is 192 Å². The molecule has 0 aliphatic rings. The third-order valence-electron chi connectivity index (χ3n) is 5.45. The van der Waals surface area contributed by atoms with Gasteiger partial charge in [0.1, 0.15) is 11.6 Å². The van der Waals surface area contributed by atoms with Crippen LogP contribution >= 0.6 is 0 Å². The molecule has 0 spiro atoms. The lowest BCUT2D eigenvalue weighted by Crippen LogP contribution is -2.14. The number of nitrogens with one attached hydrogen (secondary N) is 2. The fourth-order valence-corrected chi connectivity index (χ4v) is 4.38. The number of nitrogens with zero attached hydrogens (tertiary/aromatic N) is 1. The van der Waals surface area contributed by atoms with Crippen LogP contribution in [0.2, 0.25) is 0 Å². The molecule has 0 radical (unpaired) electrons. The zero-order valence-corrected chi connectivity index (χ0v) is 20.4. The lowest BCUT2D eigenvalue weighted by atomic mass is 10.0. The minimum atomic E-state index is -3.97. The van der Waals surface area contributed by atoms with Crippen LogP contribution in [-0.2, 0) is 10.0 Å². The summed E-state index contributed by atoms with van der Waals surface area (Å²) in [5.41, 5.74) is 6.83. The van der Waals surface area contributed by atoms with Gasteiger partial charge < -0.3 is 15.8 Å². The first-order chi connectivity index (χ1) is 18.0. The molecule has 0 aliphatic carbocycles. The Kier molecular flexibility index (Phi) is 7.19. The zero-order chi connectivity index (χ0) is 27.4. The van der Waals surface area contributed by atoms with E-state index in [4.69, 9.17) is 21.0 Å². The number of carbonyl (C=O) groups is 1. The molecule has 12 heteroatoms. The average molecular weight is 532 g/mol. The van der Waals surface area contributed by atoms with Gasteiger partial charge in [-0.15, -0.1) is 0 Å². The number of amidine groups is 1. The molecule has 0 saturated heterocycles. The van der Waals surface area contributed by atoms with Gasteiger partial charge in [-0.05, 0) is 42.0 Å². The number of non-ortho nitro benzene ring substituents is 1. The van der Waals surface area contributed by atoms with Crippen molar-refractivity contribution in [3.05, 3.63) is 112 Å². The monoisotopic (exact) mass is 531 g/mol. The first-order valence-electron chi connectivity index (χ1n) is 11.0. The molecule has 0 saturated carbocycles. The van der Waals surface area contributed by atoms with Crippen molar-refractivity contribution in [2.75, 3.05) is 5.32 Å². The Balaban J connectivity index is 1.63. The van der Waals surface area contributed by atoms with Crippen molar-refractivity contribution < 1.29 is 22.9 Å². The summed E-state index contributed by atoms with van der Waals surface area (Å²) < 4.78 is 29.7. The summed E-state index contributed by atoms with van der Waals surface area (Å²) in [6, 6.07) is 22.4. The van der Waals surface area contributed by atoms with Gasteiger partial charge in [0.05, 0.1) is 15.5 Å². The molecule has 192 valence electrons. The number of amides is 1. The molecule has 11 nitrogen and oxygen atoms in total. The van der Waals surface area contributed by atoms with E-state index < -0.39 is 20.9 Å². The summed E-state index contributed by atoms with van der Waals surface area (Å²) in [6.45, 7) is 0. The molecule has 4 aromatic carbocycles. The van der Waals surface area contributed by atoms with Crippen molar-refractivity contribution in [1.29, 1.82) is 5.41 Å². The Morgan fingerprint density at radius 3 is 2.29 bits per heavy atom. The van der Waals surface area contributed by atoms with Gasteiger partial charge in [-0.1, -0.05) is 42.5 Å². The quantitative estimate of drug-likeness (QED) is 0.113. The highest BCUT2D eigenvalue weighted by molar-refractivity contribution is 7.89. The predicted octanol–water partition coefficient (Wildman–Crippen LogP) is 4.24. The van der Waals surface area contributed by atoms with Crippen LogP contribution in [-0.4, -0.2) is 25.1 Å². The molecule has 0 fully saturated rings. The highest BCUT2D eigenvalue weighted by Gasteiger charge is 2.18. The standard InChI is InChI=1S/C26H21N5O6S/c27-25(28)18-4-3-5-20(14-18)37-23-13-12-19(31(33)34)15-22(23)30-26(32)17-10-8-16(9-11-17)21-6-1-2-7-24(21)38(29,35)36/h1-15H,(H3,27,28)(H,30,32)(H2,29,35,36). The lowest BCUT2D eigenvalue weighted by Gasteiger charge is -2.13. The van der Waals surface area contributed by atoms with Crippen LogP contribution in [0.4, 0.5) is 11.4 Å². The summed E-state index contributed by atoms with van der Waals surface area (Å²) in [5.74, 6) is -0.315. The SMILES string of the molecule is N=C(N)c1cccc(Oc2ccc([N+](=O)[O-])cc2NC(=O)c2ccc(-c3ccccc3S(N)(=O)=O)cc2)c1. The van der Waals surface area contributed by atoms with Crippen LogP contribution in [0.15, 0.2) is 95.9 Å². The summed E-state index contributed by atoms with van der Waals surface area (Å²) in [6.07, 6.45) is 0. The van der Waals surface area contributed by atoms with E-state index in [0.29, 0.717) is 22.4 Å². The molecule has 0 atom stereocenters. The molecule has 1 amide bonds. The molecular formula is C26H21N5O6S. The second-order valence-corrected chi connectivity index (χ2v) is 9.58. The molecule has 4 aromatic rings. The maximum absolute atomic E-state index is 13.0. The van der Waals surface area contributed by atoms with Crippen molar-refractivity contribution in [2.24, 2.45) is 10.9 Å². The Hall–Kier alpha value is -5.07. The zero-order valence-electron chi connectivity index (χ0n) is 19.6. The summed E-state index contributed by atoms with van der Waals surface area (Å²) in [7, 11) is -3.97. The number of anilines is 1. The third kappa shape index (κ3) is 5.83. The number of nitrogens with two attached hydrogens (primary N) is 2. The van der Waals surface area contributed by atoms with Gasteiger partial charge in [0.2, 0.25) is 10.0 Å². The lowest BCUT2D eigenvalue weighted by molar-refractivity contribution is -0.384.